The second-order valence-electron chi connectivity index (χ2n) is 12.3. The first-order valence-corrected chi connectivity index (χ1v) is 15.5. The number of esters is 1. The zero-order chi connectivity index (χ0) is 32.0. The van der Waals surface area contributed by atoms with Gasteiger partial charge in [0.1, 0.15) is 22.9 Å². The van der Waals surface area contributed by atoms with Crippen LogP contribution in [0.1, 0.15) is 58.9 Å². The molecule has 4 rings (SSSR count). The fourth-order valence-corrected chi connectivity index (χ4v) is 6.65. The Hall–Kier alpha value is -2.93. The first-order valence-electron chi connectivity index (χ1n) is 14.1. The molecule has 0 saturated heterocycles. The number of nitrogens with zero attached hydrogens (tertiary/aromatic N) is 2. The maximum absolute atomic E-state index is 14.5. The fourth-order valence-electron chi connectivity index (χ4n) is 5.08. The van der Waals surface area contributed by atoms with Gasteiger partial charge in [-0.15, -0.1) is 0 Å². The van der Waals surface area contributed by atoms with Crippen LogP contribution in [0.15, 0.2) is 47.4 Å². The fraction of sp³-hybridized carbons (Fsp3) is 0.567. The van der Waals surface area contributed by atoms with Crippen molar-refractivity contribution in [3.63, 3.8) is 0 Å². The maximum Gasteiger partial charge on any atom is 0.420 e. The van der Waals surface area contributed by atoms with Gasteiger partial charge in [0.25, 0.3) is 0 Å². The number of ether oxygens (including phenoxy) is 2. The second-order valence-corrected chi connectivity index (χ2v) is 14.3. The van der Waals surface area contributed by atoms with Crippen LogP contribution in [0.5, 0.6) is 5.75 Å². The Morgan fingerprint density at radius 2 is 1.65 bits per heavy atom. The molecule has 238 valence electrons. The second kappa shape index (κ2) is 11.9. The van der Waals surface area contributed by atoms with Crippen LogP contribution in [0.4, 0.5) is 33.3 Å². The monoisotopic (exact) mass is 632 g/mol. The Morgan fingerprint density at radius 3 is 2.19 bits per heavy atom. The predicted octanol–water partition coefficient (Wildman–Crippen LogP) is 7.03. The molecule has 2 aliphatic rings. The van der Waals surface area contributed by atoms with Gasteiger partial charge in [0.2, 0.25) is 15.9 Å². The summed E-state index contributed by atoms with van der Waals surface area (Å²) in [5.41, 5.74) is -1.90. The molecule has 1 aliphatic carbocycles. The number of alkyl halides is 5. The SMILES string of the molecule is CN1[C@H](CCC(C)(F)F)CN(c2ccccc2)c2cc(C(F)(F)F)c(OC[C@@H](C(=O)OC(C)(C)C)C3CC3)cc2S1(=O)=O. The molecule has 2 aromatic carbocycles. The van der Waals surface area contributed by atoms with E-state index in [0.29, 0.717) is 18.5 Å². The maximum atomic E-state index is 14.5. The average molecular weight is 633 g/mol. The number of carbonyl (C=O) groups is 1. The third-order valence-corrected chi connectivity index (χ3v) is 9.46. The lowest BCUT2D eigenvalue weighted by Gasteiger charge is -2.30. The van der Waals surface area contributed by atoms with E-state index in [4.69, 9.17) is 9.47 Å². The van der Waals surface area contributed by atoms with Gasteiger partial charge in [0.05, 0.1) is 17.2 Å². The third kappa shape index (κ3) is 7.97. The number of halogens is 5. The number of rotatable bonds is 9. The number of hydrogen-bond donors (Lipinski definition) is 0. The highest BCUT2D eigenvalue weighted by atomic mass is 32.2. The summed E-state index contributed by atoms with van der Waals surface area (Å²) < 4.78 is 111. The van der Waals surface area contributed by atoms with E-state index in [1.807, 2.05) is 0 Å². The predicted molar refractivity (Wildman–Crippen MR) is 151 cm³/mol. The van der Waals surface area contributed by atoms with E-state index in [1.165, 1.54) is 11.9 Å². The molecule has 0 amide bonds. The van der Waals surface area contributed by atoms with Crippen LogP contribution in [-0.2, 0) is 25.7 Å². The van der Waals surface area contributed by atoms with Crippen molar-refractivity contribution in [3.05, 3.63) is 48.0 Å². The molecule has 1 heterocycles. The van der Waals surface area contributed by atoms with Crippen LogP contribution >= 0.6 is 0 Å². The van der Waals surface area contributed by atoms with Gasteiger partial charge >= 0.3 is 12.1 Å². The topological polar surface area (TPSA) is 76.2 Å². The summed E-state index contributed by atoms with van der Waals surface area (Å²) in [6, 6.07) is 8.76. The van der Waals surface area contributed by atoms with Crippen LogP contribution in [-0.4, -0.2) is 56.5 Å². The minimum Gasteiger partial charge on any atom is -0.492 e. The Bertz CT molecular complexity index is 1420. The summed E-state index contributed by atoms with van der Waals surface area (Å²) in [6.07, 6.45) is -4.42. The smallest absolute Gasteiger partial charge is 0.420 e. The summed E-state index contributed by atoms with van der Waals surface area (Å²) in [5.74, 6) is -5.37. The molecule has 0 N–H and O–H groups in total. The summed E-state index contributed by atoms with van der Waals surface area (Å²) >= 11 is 0. The Balaban J connectivity index is 1.81. The Morgan fingerprint density at radius 1 is 1.02 bits per heavy atom. The summed E-state index contributed by atoms with van der Waals surface area (Å²) in [7, 11) is -3.24. The van der Waals surface area contributed by atoms with E-state index in [1.54, 1.807) is 51.1 Å². The zero-order valence-electron chi connectivity index (χ0n) is 24.7. The van der Waals surface area contributed by atoms with Gasteiger partial charge in [-0.2, -0.15) is 17.5 Å². The highest BCUT2D eigenvalue weighted by Gasteiger charge is 2.44. The number of anilines is 2. The molecule has 2 atom stereocenters. The van der Waals surface area contributed by atoms with Gasteiger partial charge < -0.3 is 14.4 Å². The molecular weight excluding hydrogens is 595 g/mol. The molecule has 7 nitrogen and oxygen atoms in total. The van der Waals surface area contributed by atoms with E-state index in [2.05, 4.69) is 0 Å². The van der Waals surface area contributed by atoms with Gasteiger partial charge in [0, 0.05) is 37.8 Å². The van der Waals surface area contributed by atoms with Gasteiger partial charge in [0.15, 0.2) is 0 Å². The first kappa shape index (κ1) is 33.0. The van der Waals surface area contributed by atoms with Gasteiger partial charge in [-0.25, -0.2) is 17.2 Å². The molecule has 2 aromatic rings. The van der Waals surface area contributed by atoms with Crippen molar-refractivity contribution in [2.75, 3.05) is 25.1 Å². The highest BCUT2D eigenvalue weighted by Crippen LogP contribution is 2.46. The molecule has 0 radical (unpaired) electrons. The molecule has 1 fully saturated rings. The van der Waals surface area contributed by atoms with Gasteiger partial charge in [-0.3, -0.25) is 4.79 Å². The largest absolute Gasteiger partial charge is 0.492 e. The molecular formula is C30H37F5N2O5S. The van der Waals surface area contributed by atoms with Crippen LogP contribution in [0.2, 0.25) is 0 Å². The molecule has 0 bridgehead atoms. The third-order valence-electron chi connectivity index (χ3n) is 7.53. The van der Waals surface area contributed by atoms with Crippen molar-refractivity contribution in [2.24, 2.45) is 11.8 Å². The zero-order valence-corrected chi connectivity index (χ0v) is 25.6. The number of likely N-dealkylation sites (N-methyl/N-ethyl adjacent to an activating group) is 1. The Kier molecular flexibility index (Phi) is 9.10. The minimum atomic E-state index is -4.95. The molecule has 1 saturated carbocycles. The lowest BCUT2D eigenvalue weighted by atomic mass is 10.0. The van der Waals surface area contributed by atoms with E-state index in [9.17, 15) is 35.2 Å². The first-order chi connectivity index (χ1) is 19.8. The summed E-state index contributed by atoms with van der Waals surface area (Å²) in [4.78, 5) is 13.8. The van der Waals surface area contributed by atoms with Crippen LogP contribution in [0, 0.1) is 11.8 Å². The van der Waals surface area contributed by atoms with Crippen molar-refractivity contribution in [1.29, 1.82) is 0 Å². The summed E-state index contributed by atoms with van der Waals surface area (Å²) in [5, 5.41) is 0. The van der Waals surface area contributed by atoms with Crippen LogP contribution in [0.3, 0.4) is 0 Å². The molecule has 43 heavy (non-hydrogen) atoms. The van der Waals surface area contributed by atoms with Crippen molar-refractivity contribution in [3.8, 4) is 5.75 Å². The van der Waals surface area contributed by atoms with Crippen molar-refractivity contribution >= 4 is 27.4 Å². The van der Waals surface area contributed by atoms with Gasteiger partial charge in [-0.1, -0.05) is 18.2 Å². The standard InChI is InChI=1S/C30H37F5N2O5S/c1-28(2,3)42-27(38)22(19-11-12-19)18-41-25-16-26-24(15-23(25)30(33,34)35)37(20-9-7-6-8-10-20)17-21(13-14-29(4,31)32)36(5)43(26,39)40/h6-10,15-16,19,21-22H,11-14,17-18H2,1-5H3/t21-,22-/m1/s1. The molecule has 13 heteroatoms. The van der Waals surface area contributed by atoms with Crippen molar-refractivity contribution < 1.29 is 44.6 Å². The van der Waals surface area contributed by atoms with E-state index < -0.39 is 74.9 Å². The average Bonchev–Trinajstić information content (AvgIpc) is 3.72. The van der Waals surface area contributed by atoms with E-state index in [-0.39, 0.29) is 24.6 Å². The lowest BCUT2D eigenvalue weighted by Crippen LogP contribution is -2.41. The lowest BCUT2D eigenvalue weighted by molar-refractivity contribution is -0.162. The molecule has 0 unspecified atom stereocenters. The van der Waals surface area contributed by atoms with E-state index in [0.717, 1.165) is 23.4 Å². The number of fused-ring (bicyclic) bond motifs is 1. The number of hydrogen-bond acceptors (Lipinski definition) is 6. The molecule has 1 aliphatic heterocycles. The van der Waals surface area contributed by atoms with Crippen molar-refractivity contribution in [1.82, 2.24) is 4.31 Å². The van der Waals surface area contributed by atoms with Crippen molar-refractivity contribution in [2.45, 2.75) is 82.0 Å². The van der Waals surface area contributed by atoms with Crippen LogP contribution in [0.25, 0.3) is 0 Å². The number of benzene rings is 2. The number of sulfonamides is 1. The van der Waals surface area contributed by atoms with Gasteiger partial charge in [-0.05, 0) is 71.1 Å². The van der Waals surface area contributed by atoms with Crippen LogP contribution < -0.4 is 9.64 Å². The number of carbonyl (C=O) groups excluding carboxylic acids is 1. The number of para-hydroxylation sites is 1. The highest BCUT2D eigenvalue weighted by molar-refractivity contribution is 7.89. The minimum absolute atomic E-state index is 0.120. The molecule has 0 spiro atoms. The quantitative estimate of drug-likeness (QED) is 0.218. The normalized spacial score (nSPS) is 20.2. The van der Waals surface area contributed by atoms with E-state index >= 15 is 0 Å². The molecule has 0 aromatic heterocycles. The Labute approximate surface area is 249 Å². The summed E-state index contributed by atoms with van der Waals surface area (Å²) in [6.45, 7) is 5.17.